The number of ether oxygens (including phenoxy) is 1. The molecular weight excluding hydrogens is 388 g/mol. The van der Waals surface area contributed by atoms with Crippen molar-refractivity contribution >= 4 is 21.6 Å². The summed E-state index contributed by atoms with van der Waals surface area (Å²) in [5, 5.41) is 2.77. The third kappa shape index (κ3) is 7.51. The molecule has 158 valence electrons. The van der Waals surface area contributed by atoms with E-state index < -0.39 is 10.0 Å². The monoisotopic (exact) mass is 418 g/mol. The molecule has 0 atom stereocenters. The van der Waals surface area contributed by atoms with Crippen molar-refractivity contribution in [2.75, 3.05) is 18.5 Å². The highest BCUT2D eigenvalue weighted by molar-refractivity contribution is 7.89. The quantitative estimate of drug-likeness (QED) is 0.494. The molecule has 0 aliphatic rings. The predicted octanol–water partition coefficient (Wildman–Crippen LogP) is 4.59. The third-order valence-electron chi connectivity index (χ3n) is 4.35. The normalized spacial score (nSPS) is 11.2. The van der Waals surface area contributed by atoms with Crippen LogP contribution in [0.4, 0.5) is 5.69 Å². The minimum atomic E-state index is -3.51. The van der Waals surface area contributed by atoms with Crippen LogP contribution in [0.3, 0.4) is 0 Å². The lowest BCUT2D eigenvalue weighted by Crippen LogP contribution is -2.24. The fraction of sp³-hybridized carbons (Fsp3) is 0.409. The molecule has 0 radical (unpaired) electrons. The van der Waals surface area contributed by atoms with Crippen LogP contribution in [0.15, 0.2) is 53.4 Å². The van der Waals surface area contributed by atoms with Crippen LogP contribution in [0.2, 0.25) is 0 Å². The first-order valence-electron chi connectivity index (χ1n) is 10.1. The first-order valence-corrected chi connectivity index (χ1v) is 11.6. The van der Waals surface area contributed by atoms with Crippen molar-refractivity contribution in [1.29, 1.82) is 0 Å². The van der Waals surface area contributed by atoms with E-state index in [0.29, 0.717) is 24.4 Å². The molecule has 2 aromatic rings. The highest BCUT2D eigenvalue weighted by Crippen LogP contribution is 2.17. The Balaban J connectivity index is 1.89. The number of benzene rings is 2. The lowest BCUT2D eigenvalue weighted by atomic mass is 10.2. The van der Waals surface area contributed by atoms with Gasteiger partial charge in [0.1, 0.15) is 5.75 Å². The Morgan fingerprint density at radius 2 is 1.59 bits per heavy atom. The summed E-state index contributed by atoms with van der Waals surface area (Å²) in [7, 11) is -3.51. The van der Waals surface area contributed by atoms with E-state index in [1.807, 2.05) is 6.92 Å². The van der Waals surface area contributed by atoms with Crippen molar-refractivity contribution in [3.8, 4) is 5.75 Å². The number of carbonyl (C=O) groups is 1. The summed E-state index contributed by atoms with van der Waals surface area (Å²) >= 11 is 0. The van der Waals surface area contributed by atoms with Gasteiger partial charge >= 0.3 is 0 Å². The predicted molar refractivity (Wildman–Crippen MR) is 116 cm³/mol. The van der Waals surface area contributed by atoms with Crippen LogP contribution in [0.1, 0.15) is 56.3 Å². The number of amides is 1. The van der Waals surface area contributed by atoms with E-state index in [9.17, 15) is 13.2 Å². The second-order valence-electron chi connectivity index (χ2n) is 6.81. The molecule has 0 aliphatic carbocycles. The number of rotatable bonds is 12. The molecule has 1 amide bonds. The molecule has 0 heterocycles. The van der Waals surface area contributed by atoms with E-state index >= 15 is 0 Å². The molecule has 2 N–H and O–H groups in total. The summed E-state index contributed by atoms with van der Waals surface area (Å²) < 4.78 is 32.4. The summed E-state index contributed by atoms with van der Waals surface area (Å²) in [6.07, 6.45) is 5.31. The molecule has 0 unspecified atom stereocenters. The van der Waals surface area contributed by atoms with Gasteiger partial charge in [-0.05, 0) is 61.4 Å². The van der Waals surface area contributed by atoms with E-state index in [2.05, 4.69) is 17.0 Å². The van der Waals surface area contributed by atoms with E-state index in [1.54, 1.807) is 36.4 Å². The first-order chi connectivity index (χ1) is 14.0. The van der Waals surface area contributed by atoms with Crippen LogP contribution < -0.4 is 14.8 Å². The summed E-state index contributed by atoms with van der Waals surface area (Å²) in [5.41, 5.74) is 1.03. The van der Waals surface area contributed by atoms with Crippen molar-refractivity contribution < 1.29 is 17.9 Å². The molecule has 0 aliphatic heterocycles. The smallest absolute Gasteiger partial charge is 0.255 e. The standard InChI is InChI=1S/C22H30N2O4S/c1-3-5-6-7-17-28-20-12-8-18(9-13-20)22(25)24-19-10-14-21(15-11-19)29(26,27)23-16-4-2/h8-15,23H,3-7,16-17H2,1-2H3,(H,24,25). The van der Waals surface area contributed by atoms with E-state index in [0.717, 1.165) is 25.0 Å². The van der Waals surface area contributed by atoms with Gasteiger partial charge in [-0.2, -0.15) is 0 Å². The molecule has 7 heteroatoms. The highest BCUT2D eigenvalue weighted by atomic mass is 32.2. The van der Waals surface area contributed by atoms with Gasteiger partial charge in [-0.1, -0.05) is 33.1 Å². The Hall–Kier alpha value is -2.38. The number of carbonyl (C=O) groups excluding carboxylic acids is 1. The van der Waals surface area contributed by atoms with Crippen LogP contribution in [0.5, 0.6) is 5.75 Å². The van der Waals surface area contributed by atoms with Gasteiger partial charge in [-0.3, -0.25) is 4.79 Å². The van der Waals surface area contributed by atoms with Crippen LogP contribution >= 0.6 is 0 Å². The third-order valence-corrected chi connectivity index (χ3v) is 5.82. The summed E-state index contributed by atoms with van der Waals surface area (Å²) in [5.74, 6) is 0.478. The molecule has 6 nitrogen and oxygen atoms in total. The molecule has 0 saturated heterocycles. The maximum Gasteiger partial charge on any atom is 0.255 e. The number of sulfonamides is 1. The van der Waals surface area contributed by atoms with Crippen LogP contribution in [-0.4, -0.2) is 27.5 Å². The van der Waals surface area contributed by atoms with Crippen LogP contribution in [0.25, 0.3) is 0 Å². The van der Waals surface area contributed by atoms with Crippen molar-refractivity contribution in [1.82, 2.24) is 4.72 Å². The molecule has 2 aromatic carbocycles. The van der Waals surface area contributed by atoms with Crippen molar-refractivity contribution in [3.63, 3.8) is 0 Å². The Morgan fingerprint density at radius 3 is 2.21 bits per heavy atom. The van der Waals surface area contributed by atoms with E-state index in [1.165, 1.54) is 25.0 Å². The van der Waals surface area contributed by atoms with E-state index in [4.69, 9.17) is 4.74 Å². The van der Waals surface area contributed by atoms with Crippen LogP contribution in [0, 0.1) is 0 Å². The van der Waals surface area contributed by atoms with Crippen molar-refractivity contribution in [2.24, 2.45) is 0 Å². The molecule has 2 rings (SSSR count). The number of unbranched alkanes of at least 4 members (excludes halogenated alkanes) is 3. The van der Waals surface area contributed by atoms with Gasteiger partial charge in [0.25, 0.3) is 5.91 Å². The fourth-order valence-electron chi connectivity index (χ4n) is 2.66. The Kier molecular flexibility index (Phi) is 9.15. The van der Waals surface area contributed by atoms with Crippen molar-refractivity contribution in [3.05, 3.63) is 54.1 Å². The lowest BCUT2D eigenvalue weighted by Gasteiger charge is -2.09. The molecule has 0 saturated carbocycles. The molecule has 29 heavy (non-hydrogen) atoms. The molecule has 0 bridgehead atoms. The number of hydrogen-bond donors (Lipinski definition) is 2. The SMILES string of the molecule is CCCCCCOc1ccc(C(=O)Nc2ccc(S(=O)(=O)NCCC)cc2)cc1. The minimum Gasteiger partial charge on any atom is -0.494 e. The molecule has 0 fully saturated rings. The highest BCUT2D eigenvalue weighted by Gasteiger charge is 2.13. The summed E-state index contributed by atoms with van der Waals surface area (Å²) in [4.78, 5) is 12.6. The topological polar surface area (TPSA) is 84.5 Å². The number of hydrogen-bond acceptors (Lipinski definition) is 4. The Labute approximate surface area is 173 Å². The zero-order chi connectivity index (χ0) is 21.1. The van der Waals surface area contributed by atoms with Crippen LogP contribution in [-0.2, 0) is 10.0 Å². The van der Waals surface area contributed by atoms with Gasteiger partial charge in [0.05, 0.1) is 11.5 Å². The first kappa shape index (κ1) is 22.9. The molecule has 0 spiro atoms. The van der Waals surface area contributed by atoms with Gasteiger partial charge in [0, 0.05) is 17.8 Å². The van der Waals surface area contributed by atoms with Crippen molar-refractivity contribution in [2.45, 2.75) is 50.8 Å². The van der Waals surface area contributed by atoms with Gasteiger partial charge in [-0.25, -0.2) is 13.1 Å². The summed E-state index contributed by atoms with van der Waals surface area (Å²) in [6.45, 7) is 5.13. The molecular formula is C22H30N2O4S. The summed E-state index contributed by atoms with van der Waals surface area (Å²) in [6, 6.07) is 13.1. The van der Waals surface area contributed by atoms with Gasteiger partial charge in [-0.15, -0.1) is 0 Å². The maximum absolute atomic E-state index is 12.4. The fourth-order valence-corrected chi connectivity index (χ4v) is 3.80. The minimum absolute atomic E-state index is 0.171. The number of nitrogens with one attached hydrogen (secondary N) is 2. The second-order valence-corrected chi connectivity index (χ2v) is 8.58. The zero-order valence-corrected chi connectivity index (χ0v) is 17.9. The second kappa shape index (κ2) is 11.6. The van der Waals surface area contributed by atoms with Gasteiger partial charge < -0.3 is 10.1 Å². The Bertz CT molecular complexity index is 863. The number of anilines is 1. The average molecular weight is 419 g/mol. The zero-order valence-electron chi connectivity index (χ0n) is 17.1. The Morgan fingerprint density at radius 1 is 0.897 bits per heavy atom. The maximum atomic E-state index is 12.4. The van der Waals surface area contributed by atoms with E-state index in [-0.39, 0.29) is 10.8 Å². The average Bonchev–Trinajstić information content (AvgIpc) is 2.73. The largest absolute Gasteiger partial charge is 0.494 e. The lowest BCUT2D eigenvalue weighted by molar-refractivity contribution is 0.102. The van der Waals surface area contributed by atoms with Gasteiger partial charge in [0.2, 0.25) is 10.0 Å². The molecule has 0 aromatic heterocycles. The van der Waals surface area contributed by atoms with Gasteiger partial charge in [0.15, 0.2) is 0 Å².